The van der Waals surface area contributed by atoms with Crippen molar-refractivity contribution in [2.45, 2.75) is 18.9 Å². The van der Waals surface area contributed by atoms with Gasteiger partial charge in [-0.3, -0.25) is 4.79 Å². The minimum absolute atomic E-state index is 0.0956. The number of nitrogens with two attached hydrogens (primary N) is 1. The standard InChI is InChI=1S/C15H16N4O/c16-19-14-9-12(5-6-17-14)15(20)18-13-7-10-3-1-2-4-11(10)8-13/h1-6,9,13H,7-8,16H2,(H,17,19)(H,18,20). The highest BCUT2D eigenvalue weighted by Crippen LogP contribution is 2.21. The van der Waals surface area contributed by atoms with Gasteiger partial charge in [-0.25, -0.2) is 10.8 Å². The molecule has 0 bridgehead atoms. The quantitative estimate of drug-likeness (QED) is 0.578. The van der Waals surface area contributed by atoms with E-state index in [9.17, 15) is 4.79 Å². The number of amides is 1. The highest BCUT2D eigenvalue weighted by atomic mass is 16.1. The predicted molar refractivity (Wildman–Crippen MR) is 77.2 cm³/mol. The molecule has 0 saturated carbocycles. The van der Waals surface area contributed by atoms with Gasteiger partial charge in [0.05, 0.1) is 0 Å². The molecule has 0 spiro atoms. The van der Waals surface area contributed by atoms with E-state index in [4.69, 9.17) is 5.84 Å². The Kier molecular flexibility index (Phi) is 3.35. The van der Waals surface area contributed by atoms with Crippen LogP contribution in [0.1, 0.15) is 21.5 Å². The summed E-state index contributed by atoms with van der Waals surface area (Å²) in [5.74, 6) is 5.68. The molecule has 102 valence electrons. The van der Waals surface area contributed by atoms with E-state index in [0.29, 0.717) is 11.4 Å². The first-order valence-corrected chi connectivity index (χ1v) is 6.56. The van der Waals surface area contributed by atoms with Crippen molar-refractivity contribution in [3.05, 3.63) is 59.3 Å². The number of nitrogens with zero attached hydrogens (tertiary/aromatic N) is 1. The molecule has 1 aromatic heterocycles. The topological polar surface area (TPSA) is 80.0 Å². The van der Waals surface area contributed by atoms with Gasteiger partial charge in [-0.05, 0) is 36.1 Å². The number of hydrazine groups is 1. The van der Waals surface area contributed by atoms with Crippen molar-refractivity contribution < 1.29 is 4.79 Å². The van der Waals surface area contributed by atoms with Crippen molar-refractivity contribution >= 4 is 11.7 Å². The van der Waals surface area contributed by atoms with Gasteiger partial charge in [0.2, 0.25) is 0 Å². The molecule has 0 saturated heterocycles. The highest BCUT2D eigenvalue weighted by molar-refractivity contribution is 5.95. The summed E-state index contributed by atoms with van der Waals surface area (Å²) < 4.78 is 0. The Balaban J connectivity index is 1.69. The van der Waals surface area contributed by atoms with Crippen LogP contribution in [-0.4, -0.2) is 16.9 Å². The average molecular weight is 268 g/mol. The number of carbonyl (C=O) groups is 1. The molecule has 2 aromatic rings. The van der Waals surface area contributed by atoms with E-state index in [-0.39, 0.29) is 11.9 Å². The lowest BCUT2D eigenvalue weighted by Gasteiger charge is -2.12. The molecular weight excluding hydrogens is 252 g/mol. The van der Waals surface area contributed by atoms with Gasteiger partial charge in [0.1, 0.15) is 5.82 Å². The fraction of sp³-hybridized carbons (Fsp3) is 0.200. The number of nitrogens with one attached hydrogen (secondary N) is 2. The van der Waals surface area contributed by atoms with Crippen LogP contribution in [0.3, 0.4) is 0 Å². The van der Waals surface area contributed by atoms with E-state index in [2.05, 4.69) is 27.9 Å². The van der Waals surface area contributed by atoms with Gasteiger partial charge in [-0.15, -0.1) is 0 Å². The molecule has 1 aromatic carbocycles. The monoisotopic (exact) mass is 268 g/mol. The van der Waals surface area contributed by atoms with Crippen molar-refractivity contribution in [3.8, 4) is 0 Å². The lowest BCUT2D eigenvalue weighted by Crippen LogP contribution is -2.35. The van der Waals surface area contributed by atoms with Crippen LogP contribution >= 0.6 is 0 Å². The molecule has 1 aliphatic carbocycles. The molecule has 1 heterocycles. The van der Waals surface area contributed by atoms with Crippen molar-refractivity contribution in [1.82, 2.24) is 10.3 Å². The lowest BCUT2D eigenvalue weighted by atomic mass is 10.1. The molecule has 3 rings (SSSR count). The van der Waals surface area contributed by atoms with Crippen LogP contribution in [0, 0.1) is 0 Å². The number of rotatable bonds is 3. The maximum absolute atomic E-state index is 12.2. The number of carbonyl (C=O) groups excluding carboxylic acids is 1. The first kappa shape index (κ1) is 12.6. The Morgan fingerprint density at radius 2 is 1.90 bits per heavy atom. The summed E-state index contributed by atoms with van der Waals surface area (Å²) in [7, 11) is 0. The van der Waals surface area contributed by atoms with Crippen LogP contribution < -0.4 is 16.6 Å². The first-order chi connectivity index (χ1) is 9.76. The molecule has 0 radical (unpaired) electrons. The fourth-order valence-electron chi connectivity index (χ4n) is 2.58. The van der Waals surface area contributed by atoms with Crippen LogP contribution in [0.2, 0.25) is 0 Å². The Morgan fingerprint density at radius 3 is 2.55 bits per heavy atom. The van der Waals surface area contributed by atoms with Crippen molar-refractivity contribution in [2.75, 3.05) is 5.43 Å². The Hall–Kier alpha value is -2.40. The fourth-order valence-corrected chi connectivity index (χ4v) is 2.58. The summed E-state index contributed by atoms with van der Waals surface area (Å²) in [4.78, 5) is 16.2. The summed E-state index contributed by atoms with van der Waals surface area (Å²) in [5, 5.41) is 3.06. The first-order valence-electron chi connectivity index (χ1n) is 6.56. The van der Waals surface area contributed by atoms with E-state index in [0.717, 1.165) is 12.8 Å². The van der Waals surface area contributed by atoms with Crippen molar-refractivity contribution in [2.24, 2.45) is 5.84 Å². The molecule has 20 heavy (non-hydrogen) atoms. The van der Waals surface area contributed by atoms with Crippen LogP contribution in [0.15, 0.2) is 42.6 Å². The molecule has 5 heteroatoms. The van der Waals surface area contributed by atoms with Crippen LogP contribution in [0.25, 0.3) is 0 Å². The third-order valence-electron chi connectivity index (χ3n) is 3.56. The Morgan fingerprint density at radius 1 is 1.20 bits per heavy atom. The molecule has 4 N–H and O–H groups in total. The number of nitrogen functional groups attached to an aromatic ring is 1. The number of pyridine rings is 1. The molecule has 0 aliphatic heterocycles. The third kappa shape index (κ3) is 2.48. The van der Waals surface area contributed by atoms with Gasteiger partial charge in [-0.2, -0.15) is 0 Å². The largest absolute Gasteiger partial charge is 0.349 e. The number of benzene rings is 1. The number of anilines is 1. The maximum Gasteiger partial charge on any atom is 0.251 e. The zero-order chi connectivity index (χ0) is 13.9. The number of hydrogen-bond donors (Lipinski definition) is 3. The average Bonchev–Trinajstić information content (AvgIpc) is 2.89. The van der Waals surface area contributed by atoms with E-state index in [1.807, 2.05) is 12.1 Å². The van der Waals surface area contributed by atoms with Crippen LogP contribution in [0.4, 0.5) is 5.82 Å². The predicted octanol–water partition coefficient (Wildman–Crippen LogP) is 1.26. The summed E-state index contributed by atoms with van der Waals surface area (Å²) in [5.41, 5.74) is 5.63. The highest BCUT2D eigenvalue weighted by Gasteiger charge is 2.22. The van der Waals surface area contributed by atoms with Gasteiger partial charge in [0.15, 0.2) is 0 Å². The summed E-state index contributed by atoms with van der Waals surface area (Å²) in [6, 6.07) is 11.8. The minimum atomic E-state index is -0.0956. The molecule has 0 fully saturated rings. The molecule has 1 aliphatic rings. The van der Waals surface area contributed by atoms with Gasteiger partial charge in [0, 0.05) is 17.8 Å². The Bertz CT molecular complexity index is 616. The summed E-state index contributed by atoms with van der Waals surface area (Å²) >= 11 is 0. The maximum atomic E-state index is 12.2. The number of fused-ring (bicyclic) bond motifs is 1. The van der Waals surface area contributed by atoms with Gasteiger partial charge in [0.25, 0.3) is 5.91 Å². The number of aromatic nitrogens is 1. The summed E-state index contributed by atoms with van der Waals surface area (Å²) in [6.07, 6.45) is 3.33. The van der Waals surface area contributed by atoms with Crippen molar-refractivity contribution in [1.29, 1.82) is 0 Å². The van der Waals surface area contributed by atoms with Crippen LogP contribution in [-0.2, 0) is 12.8 Å². The second-order valence-electron chi connectivity index (χ2n) is 4.92. The van der Waals surface area contributed by atoms with Gasteiger partial charge in [-0.1, -0.05) is 24.3 Å². The Labute approximate surface area is 117 Å². The SMILES string of the molecule is NNc1cc(C(=O)NC2Cc3ccccc3C2)ccn1. The summed E-state index contributed by atoms with van der Waals surface area (Å²) in [6.45, 7) is 0. The van der Waals surface area contributed by atoms with Gasteiger partial charge >= 0.3 is 0 Å². The van der Waals surface area contributed by atoms with E-state index in [1.165, 1.54) is 11.1 Å². The molecule has 1 amide bonds. The number of hydrogen-bond acceptors (Lipinski definition) is 4. The van der Waals surface area contributed by atoms with E-state index >= 15 is 0 Å². The molecule has 5 nitrogen and oxygen atoms in total. The van der Waals surface area contributed by atoms with E-state index in [1.54, 1.807) is 18.3 Å². The van der Waals surface area contributed by atoms with Crippen molar-refractivity contribution in [3.63, 3.8) is 0 Å². The molecule has 0 unspecified atom stereocenters. The van der Waals surface area contributed by atoms with E-state index < -0.39 is 0 Å². The molecular formula is C15H16N4O. The lowest BCUT2D eigenvalue weighted by molar-refractivity contribution is 0.0938. The zero-order valence-corrected chi connectivity index (χ0v) is 11.0. The molecule has 0 atom stereocenters. The van der Waals surface area contributed by atoms with Gasteiger partial charge < -0.3 is 10.7 Å². The smallest absolute Gasteiger partial charge is 0.251 e. The third-order valence-corrected chi connectivity index (χ3v) is 3.56. The second-order valence-corrected chi connectivity index (χ2v) is 4.92. The van der Waals surface area contributed by atoms with Crippen LogP contribution in [0.5, 0.6) is 0 Å². The zero-order valence-electron chi connectivity index (χ0n) is 11.0. The minimum Gasteiger partial charge on any atom is -0.349 e. The second kappa shape index (κ2) is 5.30. The normalized spacial score (nSPS) is 13.8.